The summed E-state index contributed by atoms with van der Waals surface area (Å²) >= 11 is 6.13. The molecule has 1 fully saturated rings. The highest BCUT2D eigenvalue weighted by atomic mass is 35.5. The van der Waals surface area contributed by atoms with Crippen molar-refractivity contribution in [1.29, 1.82) is 0 Å². The predicted octanol–water partition coefficient (Wildman–Crippen LogP) is 5.91. The molecule has 1 aliphatic rings. The van der Waals surface area contributed by atoms with E-state index in [1.807, 2.05) is 73.3 Å². The van der Waals surface area contributed by atoms with Gasteiger partial charge in [-0.3, -0.25) is 4.79 Å². The van der Waals surface area contributed by atoms with E-state index in [0.29, 0.717) is 26.1 Å². The van der Waals surface area contributed by atoms with Crippen LogP contribution in [0.3, 0.4) is 0 Å². The Bertz CT molecular complexity index is 1330. The molecule has 33 heavy (non-hydrogen) atoms. The number of carbonyl (C=O) groups excluding carboxylic acids is 1. The van der Waals surface area contributed by atoms with E-state index in [9.17, 15) is 4.79 Å². The van der Waals surface area contributed by atoms with Gasteiger partial charge >= 0.3 is 0 Å². The number of carbonyl (C=O) groups is 1. The first-order valence-electron chi connectivity index (χ1n) is 11.2. The smallest absolute Gasteiger partial charge is 0.227 e. The molecule has 1 atom stereocenters. The van der Waals surface area contributed by atoms with Crippen LogP contribution in [0.2, 0.25) is 5.02 Å². The van der Waals surface area contributed by atoms with Gasteiger partial charge in [0.1, 0.15) is 18.2 Å². The summed E-state index contributed by atoms with van der Waals surface area (Å²) in [6.07, 6.45) is 0.453. The molecule has 3 aromatic carbocycles. The number of para-hydroxylation sites is 2. The van der Waals surface area contributed by atoms with E-state index in [4.69, 9.17) is 21.3 Å². The van der Waals surface area contributed by atoms with Crippen LogP contribution in [0.4, 0.5) is 5.69 Å². The van der Waals surface area contributed by atoms with Gasteiger partial charge in [0.15, 0.2) is 0 Å². The van der Waals surface area contributed by atoms with Gasteiger partial charge in [-0.1, -0.05) is 35.9 Å². The number of amides is 1. The van der Waals surface area contributed by atoms with Crippen LogP contribution in [0.25, 0.3) is 11.0 Å². The Morgan fingerprint density at radius 3 is 2.73 bits per heavy atom. The van der Waals surface area contributed by atoms with E-state index in [1.165, 1.54) is 0 Å². The van der Waals surface area contributed by atoms with E-state index >= 15 is 0 Å². The lowest BCUT2D eigenvalue weighted by molar-refractivity contribution is -0.117. The van der Waals surface area contributed by atoms with Gasteiger partial charge in [-0.2, -0.15) is 0 Å². The summed E-state index contributed by atoms with van der Waals surface area (Å²) in [5, 5.41) is 0.731. The van der Waals surface area contributed by atoms with Crippen LogP contribution in [0, 0.1) is 13.8 Å². The molecular formula is C27H26ClN3O2. The monoisotopic (exact) mass is 459 g/mol. The third-order valence-electron chi connectivity index (χ3n) is 6.20. The fourth-order valence-corrected chi connectivity index (χ4v) is 4.65. The minimum Gasteiger partial charge on any atom is -0.492 e. The molecule has 5 nitrogen and oxygen atoms in total. The van der Waals surface area contributed by atoms with E-state index in [1.54, 1.807) is 0 Å². The topological polar surface area (TPSA) is 47.4 Å². The van der Waals surface area contributed by atoms with Crippen LogP contribution in [-0.2, 0) is 11.3 Å². The number of halogens is 1. The first-order chi connectivity index (χ1) is 16.0. The Morgan fingerprint density at radius 2 is 1.91 bits per heavy atom. The third-order valence-corrected chi connectivity index (χ3v) is 6.62. The summed E-state index contributed by atoms with van der Waals surface area (Å²) < 4.78 is 8.23. The third kappa shape index (κ3) is 4.33. The van der Waals surface area contributed by atoms with Crippen molar-refractivity contribution in [2.75, 3.05) is 18.1 Å². The van der Waals surface area contributed by atoms with Crippen LogP contribution in [0.5, 0.6) is 5.75 Å². The van der Waals surface area contributed by atoms with E-state index in [2.05, 4.69) is 16.7 Å². The molecule has 0 bridgehead atoms. The van der Waals surface area contributed by atoms with Gasteiger partial charge in [0.25, 0.3) is 0 Å². The highest BCUT2D eigenvalue weighted by Gasteiger charge is 2.34. The molecule has 0 radical (unpaired) electrons. The molecule has 1 amide bonds. The molecule has 0 N–H and O–H groups in total. The van der Waals surface area contributed by atoms with Gasteiger partial charge in [0.05, 0.1) is 17.6 Å². The zero-order valence-electron chi connectivity index (χ0n) is 18.8. The number of imidazole rings is 1. The average molecular weight is 460 g/mol. The quantitative estimate of drug-likeness (QED) is 0.360. The summed E-state index contributed by atoms with van der Waals surface area (Å²) in [4.78, 5) is 19.7. The number of nitrogens with zero attached hydrogens (tertiary/aromatic N) is 3. The molecule has 5 rings (SSSR count). The number of anilines is 1. The second-order valence-corrected chi connectivity index (χ2v) is 9.02. The molecule has 0 aliphatic carbocycles. The molecule has 0 spiro atoms. The normalized spacial score (nSPS) is 16.0. The van der Waals surface area contributed by atoms with Crippen LogP contribution in [-0.4, -0.2) is 28.6 Å². The van der Waals surface area contributed by atoms with E-state index in [0.717, 1.165) is 44.4 Å². The minimum absolute atomic E-state index is 0.0307. The number of aryl methyl sites for hydroxylation is 2. The van der Waals surface area contributed by atoms with Crippen molar-refractivity contribution in [2.45, 2.75) is 32.7 Å². The van der Waals surface area contributed by atoms with Crippen molar-refractivity contribution >= 4 is 34.2 Å². The first kappa shape index (κ1) is 21.5. The molecule has 168 valence electrons. The molecule has 0 saturated carbocycles. The van der Waals surface area contributed by atoms with Crippen LogP contribution in [0.1, 0.15) is 29.3 Å². The van der Waals surface area contributed by atoms with Crippen LogP contribution >= 0.6 is 11.6 Å². The second kappa shape index (κ2) is 8.91. The fraction of sp³-hybridized carbons (Fsp3) is 0.259. The van der Waals surface area contributed by atoms with Crippen LogP contribution < -0.4 is 9.64 Å². The van der Waals surface area contributed by atoms with Crippen molar-refractivity contribution in [3.63, 3.8) is 0 Å². The number of benzene rings is 3. The van der Waals surface area contributed by atoms with Gasteiger partial charge in [-0.25, -0.2) is 4.98 Å². The second-order valence-electron chi connectivity index (χ2n) is 8.61. The lowest BCUT2D eigenvalue weighted by Crippen LogP contribution is -2.24. The van der Waals surface area contributed by atoms with Crippen molar-refractivity contribution in [3.8, 4) is 5.75 Å². The lowest BCUT2D eigenvalue weighted by Gasteiger charge is -2.18. The molecule has 1 aromatic heterocycles. The lowest BCUT2D eigenvalue weighted by atomic mass is 10.1. The number of aromatic nitrogens is 2. The summed E-state index contributed by atoms with van der Waals surface area (Å²) in [6, 6.07) is 21.9. The van der Waals surface area contributed by atoms with Crippen LogP contribution in [0.15, 0.2) is 66.7 Å². The summed E-state index contributed by atoms with van der Waals surface area (Å²) in [7, 11) is 0. The molecule has 6 heteroatoms. The molecule has 0 unspecified atom stereocenters. The van der Waals surface area contributed by atoms with Crippen molar-refractivity contribution in [1.82, 2.24) is 9.55 Å². The maximum Gasteiger partial charge on any atom is 0.227 e. The minimum atomic E-state index is 0.0307. The molecular weight excluding hydrogens is 434 g/mol. The zero-order valence-corrected chi connectivity index (χ0v) is 19.5. The first-order valence-corrected chi connectivity index (χ1v) is 11.6. The number of ether oxygens (including phenoxy) is 1. The Labute approximate surface area is 198 Å². The van der Waals surface area contributed by atoms with Crippen molar-refractivity contribution < 1.29 is 9.53 Å². The van der Waals surface area contributed by atoms with Gasteiger partial charge in [0.2, 0.25) is 5.91 Å². The predicted molar refractivity (Wildman–Crippen MR) is 132 cm³/mol. The number of rotatable bonds is 6. The molecule has 1 saturated heterocycles. The zero-order chi connectivity index (χ0) is 22.9. The largest absolute Gasteiger partial charge is 0.492 e. The van der Waals surface area contributed by atoms with Gasteiger partial charge in [0, 0.05) is 29.6 Å². The number of hydrogen-bond acceptors (Lipinski definition) is 3. The van der Waals surface area contributed by atoms with Gasteiger partial charge in [-0.05, 0) is 67.4 Å². The summed E-state index contributed by atoms with van der Waals surface area (Å²) in [5.74, 6) is 1.90. The number of hydrogen-bond donors (Lipinski definition) is 0. The fourth-order valence-electron chi connectivity index (χ4n) is 4.53. The highest BCUT2D eigenvalue weighted by Crippen LogP contribution is 2.33. The van der Waals surface area contributed by atoms with Crippen molar-refractivity contribution in [2.24, 2.45) is 0 Å². The Morgan fingerprint density at radius 1 is 1.06 bits per heavy atom. The maximum atomic E-state index is 12.9. The highest BCUT2D eigenvalue weighted by molar-refractivity contribution is 6.31. The Balaban J connectivity index is 1.40. The average Bonchev–Trinajstić information content (AvgIpc) is 3.37. The standard InChI is InChI=1S/C27H26ClN3O2/c1-18-6-5-7-21(14-18)31-17-20(16-26(31)32)27-29-24-8-3-4-9-25(24)30(27)12-13-33-22-10-11-23(28)19(2)15-22/h3-11,14-15,20H,12-13,16-17H2,1-2H3/t20-/m0/s1. The maximum absolute atomic E-state index is 12.9. The Hall–Kier alpha value is -3.31. The van der Waals surface area contributed by atoms with Crippen molar-refractivity contribution in [3.05, 3.63) is 88.7 Å². The molecule has 2 heterocycles. The number of fused-ring (bicyclic) bond motifs is 1. The molecule has 1 aliphatic heterocycles. The van der Waals surface area contributed by atoms with E-state index in [-0.39, 0.29) is 11.8 Å². The Kier molecular flexibility index (Phi) is 5.81. The molecule has 4 aromatic rings. The van der Waals surface area contributed by atoms with Gasteiger partial charge < -0.3 is 14.2 Å². The summed E-state index contributed by atoms with van der Waals surface area (Å²) in [6.45, 7) is 5.78. The SMILES string of the molecule is Cc1cccc(N2C[C@@H](c3nc4ccccc4n3CCOc3ccc(Cl)c(C)c3)CC2=O)c1. The van der Waals surface area contributed by atoms with Gasteiger partial charge in [-0.15, -0.1) is 0 Å². The van der Waals surface area contributed by atoms with E-state index < -0.39 is 0 Å². The summed E-state index contributed by atoms with van der Waals surface area (Å²) in [5.41, 5.74) is 5.09.